The second kappa shape index (κ2) is 10.6. The highest BCUT2D eigenvalue weighted by molar-refractivity contribution is 6.14. The minimum atomic E-state index is 0.966. The second-order valence-corrected chi connectivity index (χ2v) is 7.23. The van der Waals surface area contributed by atoms with Gasteiger partial charge in [-0.1, -0.05) is 42.5 Å². The van der Waals surface area contributed by atoms with E-state index in [4.69, 9.17) is 4.99 Å². The lowest BCUT2D eigenvalue weighted by Gasteiger charge is -2.22. The van der Waals surface area contributed by atoms with Crippen LogP contribution in [0.3, 0.4) is 0 Å². The fourth-order valence-corrected chi connectivity index (χ4v) is 3.77. The van der Waals surface area contributed by atoms with Crippen LogP contribution in [0.1, 0.15) is 38.8 Å². The molecule has 0 aliphatic rings. The quantitative estimate of drug-likeness (QED) is 0.380. The van der Waals surface area contributed by atoms with Crippen LogP contribution >= 0.6 is 0 Å². The van der Waals surface area contributed by atoms with Crippen LogP contribution in [0.4, 0.5) is 17.1 Å². The van der Waals surface area contributed by atoms with Crippen molar-refractivity contribution >= 4 is 22.8 Å². The Kier molecular flexibility index (Phi) is 7.67. The van der Waals surface area contributed by atoms with Gasteiger partial charge in [-0.15, -0.1) is 0 Å². The van der Waals surface area contributed by atoms with Crippen molar-refractivity contribution in [2.75, 3.05) is 36.0 Å². The van der Waals surface area contributed by atoms with Crippen molar-refractivity contribution in [1.29, 1.82) is 0 Å². The van der Waals surface area contributed by atoms with E-state index >= 15 is 0 Å². The zero-order valence-corrected chi connectivity index (χ0v) is 18.7. The highest BCUT2D eigenvalue weighted by atomic mass is 15.1. The highest BCUT2D eigenvalue weighted by Gasteiger charge is 2.10. The van der Waals surface area contributed by atoms with Gasteiger partial charge >= 0.3 is 0 Å². The smallest absolute Gasteiger partial charge is 0.0781 e. The summed E-state index contributed by atoms with van der Waals surface area (Å²) in [5.41, 5.74) is 6.72. The van der Waals surface area contributed by atoms with Crippen LogP contribution in [0.15, 0.2) is 83.9 Å². The molecule has 0 spiro atoms. The largest absolute Gasteiger partial charge is 0.372 e. The van der Waals surface area contributed by atoms with Crippen LogP contribution < -0.4 is 9.80 Å². The molecule has 0 saturated heterocycles. The molecule has 0 aliphatic carbocycles. The molecule has 3 aromatic rings. The summed E-state index contributed by atoms with van der Waals surface area (Å²) in [6.07, 6.45) is 0. The molecule has 3 rings (SSSR count). The fourth-order valence-electron chi connectivity index (χ4n) is 3.77. The molecule has 0 atom stereocenters. The number of hydrogen-bond acceptors (Lipinski definition) is 3. The minimum absolute atomic E-state index is 0.966. The average molecular weight is 400 g/mol. The van der Waals surface area contributed by atoms with E-state index in [1.807, 2.05) is 18.2 Å². The Balaban J connectivity index is 2.01. The summed E-state index contributed by atoms with van der Waals surface area (Å²) in [6, 6.07) is 27.7. The molecule has 0 aliphatic heterocycles. The van der Waals surface area contributed by atoms with Gasteiger partial charge in [0.05, 0.1) is 11.4 Å². The second-order valence-electron chi connectivity index (χ2n) is 7.23. The predicted octanol–water partition coefficient (Wildman–Crippen LogP) is 6.55. The number of para-hydroxylation sites is 1. The minimum Gasteiger partial charge on any atom is -0.372 e. The van der Waals surface area contributed by atoms with Crippen molar-refractivity contribution in [2.45, 2.75) is 27.7 Å². The van der Waals surface area contributed by atoms with E-state index in [1.54, 1.807) is 0 Å². The molecule has 30 heavy (non-hydrogen) atoms. The normalized spacial score (nSPS) is 10.5. The lowest BCUT2D eigenvalue weighted by atomic mass is 10.0. The molecule has 3 aromatic carbocycles. The molecule has 0 heterocycles. The van der Waals surface area contributed by atoms with Crippen LogP contribution in [0, 0.1) is 0 Å². The fraction of sp³-hybridized carbons (Fsp3) is 0.296. The third-order valence-corrected chi connectivity index (χ3v) is 5.54. The Morgan fingerprint density at radius 3 is 1.33 bits per heavy atom. The van der Waals surface area contributed by atoms with Gasteiger partial charge in [-0.05, 0) is 64.1 Å². The first-order valence-electron chi connectivity index (χ1n) is 11.0. The summed E-state index contributed by atoms with van der Waals surface area (Å²) in [5, 5.41) is 0. The first-order valence-corrected chi connectivity index (χ1v) is 11.0. The molecule has 156 valence electrons. The van der Waals surface area contributed by atoms with Gasteiger partial charge in [-0.2, -0.15) is 0 Å². The number of nitrogens with zero attached hydrogens (tertiary/aromatic N) is 3. The van der Waals surface area contributed by atoms with Gasteiger partial charge < -0.3 is 9.80 Å². The summed E-state index contributed by atoms with van der Waals surface area (Å²) < 4.78 is 0. The highest BCUT2D eigenvalue weighted by Crippen LogP contribution is 2.23. The SMILES string of the molecule is CCN(CC)c1ccc(C(=Nc2ccccc2)c2ccc(N(CC)CC)cc2)cc1. The Morgan fingerprint density at radius 2 is 0.967 bits per heavy atom. The molecule has 0 bridgehead atoms. The zero-order valence-electron chi connectivity index (χ0n) is 18.7. The Bertz CT molecular complexity index is 863. The third kappa shape index (κ3) is 5.10. The van der Waals surface area contributed by atoms with Gasteiger partial charge in [0.2, 0.25) is 0 Å². The lowest BCUT2D eigenvalue weighted by Crippen LogP contribution is -2.22. The molecular weight excluding hydrogens is 366 g/mol. The standard InChI is InChI=1S/C27H33N3/c1-5-29(6-2)25-18-14-22(15-19-25)27(28-24-12-10-9-11-13-24)23-16-20-26(21-17-23)30(7-3)8-4/h9-21H,5-8H2,1-4H3. The number of benzene rings is 3. The van der Waals surface area contributed by atoms with E-state index in [9.17, 15) is 0 Å². The van der Waals surface area contributed by atoms with Crippen LogP contribution in [-0.4, -0.2) is 31.9 Å². The van der Waals surface area contributed by atoms with Gasteiger partial charge in [-0.25, -0.2) is 4.99 Å². The van der Waals surface area contributed by atoms with Crippen molar-refractivity contribution in [1.82, 2.24) is 0 Å². The number of hydrogen-bond donors (Lipinski definition) is 0. The maximum atomic E-state index is 5.02. The van der Waals surface area contributed by atoms with Crippen LogP contribution in [0.25, 0.3) is 0 Å². The molecule has 0 fully saturated rings. The van der Waals surface area contributed by atoms with E-state index in [1.165, 1.54) is 11.4 Å². The molecule has 0 radical (unpaired) electrons. The zero-order chi connectivity index (χ0) is 21.3. The summed E-state index contributed by atoms with van der Waals surface area (Å²) >= 11 is 0. The summed E-state index contributed by atoms with van der Waals surface area (Å²) in [4.78, 5) is 9.73. The molecule has 0 saturated carbocycles. The monoisotopic (exact) mass is 399 g/mol. The average Bonchev–Trinajstić information content (AvgIpc) is 2.81. The van der Waals surface area contributed by atoms with Gasteiger partial charge in [0.25, 0.3) is 0 Å². The molecule has 0 amide bonds. The summed E-state index contributed by atoms with van der Waals surface area (Å²) in [5.74, 6) is 0. The molecule has 0 N–H and O–H groups in total. The van der Waals surface area contributed by atoms with Crippen molar-refractivity contribution in [2.24, 2.45) is 4.99 Å². The van der Waals surface area contributed by atoms with Gasteiger partial charge in [0, 0.05) is 48.7 Å². The number of rotatable bonds is 9. The van der Waals surface area contributed by atoms with E-state index in [-0.39, 0.29) is 0 Å². The molecular formula is C27H33N3. The van der Waals surface area contributed by atoms with Crippen molar-refractivity contribution in [3.63, 3.8) is 0 Å². The Hall–Kier alpha value is -3.07. The van der Waals surface area contributed by atoms with Crippen LogP contribution in [0.2, 0.25) is 0 Å². The topological polar surface area (TPSA) is 18.8 Å². The first kappa shape index (κ1) is 21.6. The van der Waals surface area contributed by atoms with E-state index in [0.717, 1.165) is 48.7 Å². The maximum Gasteiger partial charge on any atom is 0.0781 e. The van der Waals surface area contributed by atoms with Crippen LogP contribution in [-0.2, 0) is 0 Å². The van der Waals surface area contributed by atoms with E-state index in [2.05, 4.69) is 98.2 Å². The number of aliphatic imine (C=N–C) groups is 1. The lowest BCUT2D eigenvalue weighted by molar-refractivity contribution is 0.866. The Morgan fingerprint density at radius 1 is 0.567 bits per heavy atom. The van der Waals surface area contributed by atoms with Crippen molar-refractivity contribution in [3.05, 3.63) is 90.0 Å². The van der Waals surface area contributed by atoms with Gasteiger partial charge in [0.1, 0.15) is 0 Å². The van der Waals surface area contributed by atoms with Crippen molar-refractivity contribution in [3.8, 4) is 0 Å². The molecule has 3 heteroatoms. The Labute approximate surface area is 181 Å². The van der Waals surface area contributed by atoms with E-state index in [0.29, 0.717) is 0 Å². The molecule has 0 unspecified atom stereocenters. The summed E-state index contributed by atoms with van der Waals surface area (Å²) in [7, 11) is 0. The predicted molar refractivity (Wildman–Crippen MR) is 132 cm³/mol. The van der Waals surface area contributed by atoms with Gasteiger partial charge in [0.15, 0.2) is 0 Å². The third-order valence-electron chi connectivity index (χ3n) is 5.54. The first-order chi connectivity index (χ1) is 14.7. The molecule has 0 aromatic heterocycles. The summed E-state index contributed by atoms with van der Waals surface area (Å²) in [6.45, 7) is 12.8. The van der Waals surface area contributed by atoms with Crippen molar-refractivity contribution < 1.29 is 0 Å². The van der Waals surface area contributed by atoms with Gasteiger partial charge in [-0.3, -0.25) is 0 Å². The molecule has 3 nitrogen and oxygen atoms in total. The van der Waals surface area contributed by atoms with E-state index < -0.39 is 0 Å². The van der Waals surface area contributed by atoms with Crippen LogP contribution in [0.5, 0.6) is 0 Å². The number of anilines is 2. The maximum absolute atomic E-state index is 5.02.